The number of carbonyl (C=O) groups is 1. The highest BCUT2D eigenvalue weighted by Gasteiger charge is 2.38. The second-order valence-corrected chi connectivity index (χ2v) is 9.34. The molecule has 0 atom stereocenters. The Labute approximate surface area is 185 Å². The van der Waals surface area contributed by atoms with Crippen LogP contribution in [0.25, 0.3) is 0 Å². The van der Waals surface area contributed by atoms with E-state index in [9.17, 15) is 14.9 Å². The highest BCUT2D eigenvalue weighted by Crippen LogP contribution is 2.34. The molecule has 0 spiro atoms. The standard InChI is InChI=1S/C20H26ClN7O3/c1-19(2)9-14(10-20(3,4)27-19)24-16-15(28(30)31)17(23-11-22-16)25-26-18(29)12-6-5-7-13(21)8-12/h5-8,11,14,27H,9-10H2,1-4H3,(H,26,29)(H2,22,23,24,25). The van der Waals surface area contributed by atoms with Gasteiger partial charge in [-0.2, -0.15) is 0 Å². The van der Waals surface area contributed by atoms with E-state index in [1.165, 1.54) is 12.4 Å². The predicted molar refractivity (Wildman–Crippen MR) is 119 cm³/mol. The lowest BCUT2D eigenvalue weighted by Gasteiger charge is -2.46. The molecular weight excluding hydrogens is 422 g/mol. The number of hydrogen-bond donors (Lipinski definition) is 4. The molecule has 1 amide bonds. The van der Waals surface area contributed by atoms with Gasteiger partial charge in [-0.1, -0.05) is 17.7 Å². The molecule has 4 N–H and O–H groups in total. The highest BCUT2D eigenvalue weighted by molar-refractivity contribution is 6.30. The van der Waals surface area contributed by atoms with Gasteiger partial charge in [0.15, 0.2) is 0 Å². The molecule has 0 saturated carbocycles. The maximum absolute atomic E-state index is 12.3. The van der Waals surface area contributed by atoms with Gasteiger partial charge < -0.3 is 10.6 Å². The molecule has 1 aliphatic rings. The summed E-state index contributed by atoms with van der Waals surface area (Å²) >= 11 is 5.90. The van der Waals surface area contributed by atoms with E-state index >= 15 is 0 Å². The number of carbonyl (C=O) groups excluding carboxylic acids is 1. The fraction of sp³-hybridized carbons (Fsp3) is 0.450. The first-order valence-electron chi connectivity index (χ1n) is 9.83. The molecule has 31 heavy (non-hydrogen) atoms. The van der Waals surface area contributed by atoms with Gasteiger partial charge in [-0.05, 0) is 58.7 Å². The molecule has 2 heterocycles. The molecule has 1 fully saturated rings. The first-order chi connectivity index (χ1) is 14.5. The molecule has 1 saturated heterocycles. The third kappa shape index (κ3) is 5.80. The number of piperidine rings is 1. The largest absolute Gasteiger partial charge is 0.361 e. The summed E-state index contributed by atoms with van der Waals surface area (Å²) < 4.78 is 0. The highest BCUT2D eigenvalue weighted by atomic mass is 35.5. The molecule has 1 aromatic carbocycles. The Morgan fingerprint density at radius 2 is 1.84 bits per heavy atom. The lowest BCUT2D eigenvalue weighted by molar-refractivity contribution is -0.383. The van der Waals surface area contributed by atoms with Crippen molar-refractivity contribution in [2.45, 2.75) is 57.7 Å². The molecule has 10 nitrogen and oxygen atoms in total. The van der Waals surface area contributed by atoms with Crippen LogP contribution >= 0.6 is 11.6 Å². The average molecular weight is 448 g/mol. The molecule has 0 aliphatic carbocycles. The van der Waals surface area contributed by atoms with Gasteiger partial charge in [0.2, 0.25) is 11.6 Å². The number of benzene rings is 1. The zero-order valence-corrected chi connectivity index (χ0v) is 18.6. The van der Waals surface area contributed by atoms with E-state index in [-0.39, 0.29) is 34.4 Å². The topological polar surface area (TPSA) is 134 Å². The molecule has 0 bridgehead atoms. The number of aromatic nitrogens is 2. The Kier molecular flexibility index (Phi) is 6.33. The zero-order valence-electron chi connectivity index (χ0n) is 17.8. The quantitative estimate of drug-likeness (QED) is 0.390. The van der Waals surface area contributed by atoms with Crippen LogP contribution in [0.3, 0.4) is 0 Å². The summed E-state index contributed by atoms with van der Waals surface area (Å²) in [7, 11) is 0. The Hall–Kier alpha value is -2.98. The van der Waals surface area contributed by atoms with E-state index in [1.807, 2.05) is 0 Å². The fourth-order valence-electron chi connectivity index (χ4n) is 4.18. The van der Waals surface area contributed by atoms with Gasteiger partial charge in [0, 0.05) is 27.7 Å². The van der Waals surface area contributed by atoms with Crippen molar-refractivity contribution >= 4 is 34.8 Å². The van der Waals surface area contributed by atoms with Crippen molar-refractivity contribution in [1.82, 2.24) is 20.7 Å². The summed E-state index contributed by atoms with van der Waals surface area (Å²) in [5, 5.41) is 19.0. The van der Waals surface area contributed by atoms with Crippen LogP contribution in [-0.4, -0.2) is 37.9 Å². The van der Waals surface area contributed by atoms with Gasteiger partial charge in [0.1, 0.15) is 6.33 Å². The van der Waals surface area contributed by atoms with Crippen molar-refractivity contribution in [1.29, 1.82) is 0 Å². The summed E-state index contributed by atoms with van der Waals surface area (Å²) in [5.74, 6) is -0.532. The molecule has 1 aromatic heterocycles. The van der Waals surface area contributed by atoms with Crippen LogP contribution in [0.1, 0.15) is 50.9 Å². The number of rotatable bonds is 6. The summed E-state index contributed by atoms with van der Waals surface area (Å²) in [4.78, 5) is 31.6. The van der Waals surface area contributed by atoms with Crippen LogP contribution in [-0.2, 0) is 0 Å². The van der Waals surface area contributed by atoms with Crippen molar-refractivity contribution in [2.24, 2.45) is 0 Å². The van der Waals surface area contributed by atoms with Gasteiger partial charge in [0.25, 0.3) is 5.91 Å². The Morgan fingerprint density at radius 3 is 2.45 bits per heavy atom. The summed E-state index contributed by atoms with van der Waals surface area (Å²) in [6, 6.07) is 6.30. The number of nitro groups is 1. The number of hydrazine groups is 1. The number of nitrogens with zero attached hydrogens (tertiary/aromatic N) is 3. The maximum atomic E-state index is 12.3. The number of nitrogens with one attached hydrogen (secondary N) is 4. The maximum Gasteiger partial charge on any atom is 0.354 e. The molecule has 11 heteroatoms. The van der Waals surface area contributed by atoms with Crippen LogP contribution in [0.2, 0.25) is 5.02 Å². The second-order valence-electron chi connectivity index (χ2n) is 8.91. The summed E-state index contributed by atoms with van der Waals surface area (Å²) in [6.45, 7) is 8.37. The Bertz CT molecular complexity index is 980. The number of anilines is 2. The zero-order chi connectivity index (χ0) is 22.8. The van der Waals surface area contributed by atoms with Gasteiger partial charge in [-0.3, -0.25) is 25.8 Å². The number of hydrogen-bond acceptors (Lipinski definition) is 8. The second kappa shape index (κ2) is 8.64. The van der Waals surface area contributed by atoms with E-state index in [4.69, 9.17) is 11.6 Å². The smallest absolute Gasteiger partial charge is 0.354 e. The van der Waals surface area contributed by atoms with Crippen molar-refractivity contribution in [3.05, 3.63) is 51.3 Å². The molecular formula is C20H26ClN7O3. The number of amides is 1. The van der Waals surface area contributed by atoms with E-state index in [0.717, 1.165) is 12.8 Å². The lowest BCUT2D eigenvalue weighted by Crippen LogP contribution is -2.60. The van der Waals surface area contributed by atoms with E-state index in [1.54, 1.807) is 18.2 Å². The van der Waals surface area contributed by atoms with Crippen molar-refractivity contribution < 1.29 is 9.72 Å². The predicted octanol–water partition coefficient (Wildman–Crippen LogP) is 3.52. The van der Waals surface area contributed by atoms with Gasteiger partial charge in [-0.25, -0.2) is 9.97 Å². The molecule has 166 valence electrons. The Balaban J connectivity index is 1.79. The molecule has 0 unspecified atom stereocenters. The van der Waals surface area contributed by atoms with Crippen molar-refractivity contribution in [3.63, 3.8) is 0 Å². The minimum atomic E-state index is -0.576. The van der Waals surface area contributed by atoms with Crippen LogP contribution in [0.5, 0.6) is 0 Å². The normalized spacial score (nSPS) is 17.6. The third-order valence-electron chi connectivity index (χ3n) is 4.92. The fourth-order valence-corrected chi connectivity index (χ4v) is 4.37. The minimum Gasteiger partial charge on any atom is -0.361 e. The van der Waals surface area contributed by atoms with Gasteiger partial charge in [-0.15, -0.1) is 0 Å². The van der Waals surface area contributed by atoms with Crippen molar-refractivity contribution in [3.8, 4) is 0 Å². The summed E-state index contributed by atoms with van der Waals surface area (Å²) in [5.41, 5.74) is 4.61. The van der Waals surface area contributed by atoms with Crippen LogP contribution in [0, 0.1) is 10.1 Å². The monoisotopic (exact) mass is 447 g/mol. The van der Waals surface area contributed by atoms with Crippen LogP contribution in [0.4, 0.5) is 17.3 Å². The lowest BCUT2D eigenvalue weighted by atomic mass is 9.79. The first-order valence-corrected chi connectivity index (χ1v) is 10.2. The molecule has 2 aromatic rings. The number of halogens is 1. The molecule has 0 radical (unpaired) electrons. The first kappa shape index (κ1) is 22.7. The van der Waals surface area contributed by atoms with E-state index < -0.39 is 10.8 Å². The minimum absolute atomic E-state index is 0.0336. The Morgan fingerprint density at radius 1 is 1.19 bits per heavy atom. The SMILES string of the molecule is CC1(C)CC(Nc2ncnc(NNC(=O)c3cccc(Cl)c3)c2[N+](=O)[O-])CC(C)(C)N1. The van der Waals surface area contributed by atoms with E-state index in [0.29, 0.717) is 10.6 Å². The molecule has 1 aliphatic heterocycles. The summed E-state index contributed by atoms with van der Waals surface area (Å²) in [6.07, 6.45) is 2.72. The third-order valence-corrected chi connectivity index (χ3v) is 5.15. The van der Waals surface area contributed by atoms with Crippen LogP contribution < -0.4 is 21.5 Å². The van der Waals surface area contributed by atoms with Crippen molar-refractivity contribution in [2.75, 3.05) is 10.7 Å². The van der Waals surface area contributed by atoms with Crippen LogP contribution in [0.15, 0.2) is 30.6 Å². The van der Waals surface area contributed by atoms with Gasteiger partial charge >= 0.3 is 5.69 Å². The van der Waals surface area contributed by atoms with Gasteiger partial charge in [0.05, 0.1) is 4.92 Å². The van der Waals surface area contributed by atoms with E-state index in [2.05, 4.69) is 59.1 Å². The average Bonchev–Trinajstić information content (AvgIpc) is 2.63. The molecule has 3 rings (SSSR count).